The summed E-state index contributed by atoms with van der Waals surface area (Å²) in [4.78, 5) is 4.01. The number of rotatable bonds is 9. The molecule has 0 radical (unpaired) electrons. The van der Waals surface area contributed by atoms with E-state index >= 15 is 0 Å². The molecule has 1 aromatic rings. The van der Waals surface area contributed by atoms with Gasteiger partial charge in [0.05, 0.1) is 10.8 Å². The fourth-order valence-electron chi connectivity index (χ4n) is 3.83. The molecule has 0 heterocycles. The van der Waals surface area contributed by atoms with Crippen molar-refractivity contribution in [1.82, 2.24) is 0 Å². The highest BCUT2D eigenvalue weighted by atomic mass is 32.1. The lowest BCUT2D eigenvalue weighted by Gasteiger charge is -2.28. The molecule has 0 bridgehead atoms. The van der Waals surface area contributed by atoms with Crippen molar-refractivity contribution >= 4 is 23.1 Å². The van der Waals surface area contributed by atoms with E-state index in [1.54, 1.807) is 0 Å². The van der Waals surface area contributed by atoms with Gasteiger partial charge in [-0.2, -0.15) is 4.99 Å². The standard InChI is InChI=1S/C21H31NS/c1-2-3-4-5-6-18-7-9-19(10-8-18)11-12-20-13-15-21(16-14-20)22-17-23/h13-16,18-19H,2-12H2,1H3/t18-,19-. The van der Waals surface area contributed by atoms with Crippen molar-refractivity contribution < 1.29 is 0 Å². The van der Waals surface area contributed by atoms with Crippen LogP contribution in [0.1, 0.15) is 76.7 Å². The summed E-state index contributed by atoms with van der Waals surface area (Å²) in [6.07, 6.45) is 15.5. The van der Waals surface area contributed by atoms with Crippen LogP contribution in [0.15, 0.2) is 29.3 Å². The number of benzene rings is 1. The van der Waals surface area contributed by atoms with Crippen molar-refractivity contribution in [3.05, 3.63) is 29.8 Å². The van der Waals surface area contributed by atoms with E-state index in [-0.39, 0.29) is 0 Å². The van der Waals surface area contributed by atoms with E-state index in [9.17, 15) is 0 Å². The predicted molar refractivity (Wildman–Crippen MR) is 104 cm³/mol. The van der Waals surface area contributed by atoms with Crippen LogP contribution in [0.25, 0.3) is 0 Å². The zero-order chi connectivity index (χ0) is 16.3. The first-order chi connectivity index (χ1) is 11.3. The SMILES string of the molecule is CCCCCC[C@H]1CC[C@H](CCc2ccc(N=C=S)cc2)CC1. The average Bonchev–Trinajstić information content (AvgIpc) is 2.59. The van der Waals surface area contributed by atoms with E-state index in [0.29, 0.717) is 0 Å². The highest BCUT2D eigenvalue weighted by Gasteiger charge is 2.20. The molecule has 126 valence electrons. The van der Waals surface area contributed by atoms with Crippen LogP contribution < -0.4 is 0 Å². The van der Waals surface area contributed by atoms with E-state index in [2.05, 4.69) is 41.4 Å². The van der Waals surface area contributed by atoms with Gasteiger partial charge in [-0.15, -0.1) is 0 Å². The van der Waals surface area contributed by atoms with Gasteiger partial charge in [0.25, 0.3) is 0 Å². The largest absolute Gasteiger partial charge is 0.195 e. The summed E-state index contributed by atoms with van der Waals surface area (Å²) in [6, 6.07) is 8.46. The Bertz CT molecular complexity index is 479. The van der Waals surface area contributed by atoms with Gasteiger partial charge >= 0.3 is 0 Å². The van der Waals surface area contributed by atoms with Gasteiger partial charge in [-0.1, -0.05) is 76.8 Å². The lowest BCUT2D eigenvalue weighted by molar-refractivity contribution is 0.249. The minimum absolute atomic E-state index is 0.910. The van der Waals surface area contributed by atoms with Gasteiger partial charge in [0.1, 0.15) is 0 Å². The first-order valence-corrected chi connectivity index (χ1v) is 9.89. The lowest BCUT2D eigenvalue weighted by atomic mass is 9.78. The second-order valence-electron chi connectivity index (χ2n) is 7.14. The topological polar surface area (TPSA) is 12.4 Å². The predicted octanol–water partition coefficient (Wildman–Crippen LogP) is 7.13. The Labute approximate surface area is 147 Å². The smallest absolute Gasteiger partial charge is 0.0739 e. The van der Waals surface area contributed by atoms with Gasteiger partial charge in [0.2, 0.25) is 0 Å². The molecule has 23 heavy (non-hydrogen) atoms. The number of nitrogens with zero attached hydrogens (tertiary/aromatic N) is 1. The molecule has 2 heteroatoms. The van der Waals surface area contributed by atoms with Crippen LogP contribution in [0.5, 0.6) is 0 Å². The molecule has 1 aromatic carbocycles. The van der Waals surface area contributed by atoms with Gasteiger partial charge in [-0.25, -0.2) is 0 Å². The van der Waals surface area contributed by atoms with Crippen molar-refractivity contribution in [3.8, 4) is 0 Å². The van der Waals surface area contributed by atoms with Crippen LogP contribution in [0.3, 0.4) is 0 Å². The summed E-state index contributed by atoms with van der Waals surface area (Å²) in [6.45, 7) is 2.30. The van der Waals surface area contributed by atoms with Gasteiger partial charge in [0.15, 0.2) is 0 Å². The summed E-state index contributed by atoms with van der Waals surface area (Å²) >= 11 is 4.64. The van der Waals surface area contributed by atoms with Gasteiger partial charge < -0.3 is 0 Å². The minimum Gasteiger partial charge on any atom is -0.195 e. The molecule has 0 N–H and O–H groups in total. The van der Waals surface area contributed by atoms with Crippen LogP contribution in [0.4, 0.5) is 5.69 Å². The van der Waals surface area contributed by atoms with Gasteiger partial charge in [0, 0.05) is 0 Å². The fraction of sp³-hybridized carbons (Fsp3) is 0.667. The summed E-state index contributed by atoms with van der Waals surface area (Å²) in [5.74, 6) is 1.97. The van der Waals surface area contributed by atoms with E-state index in [1.165, 1.54) is 76.2 Å². The van der Waals surface area contributed by atoms with Crippen LogP contribution in [0.2, 0.25) is 0 Å². The maximum absolute atomic E-state index is 4.64. The van der Waals surface area contributed by atoms with E-state index < -0.39 is 0 Å². The third-order valence-electron chi connectivity index (χ3n) is 5.38. The molecule has 0 amide bonds. The van der Waals surface area contributed by atoms with Crippen molar-refractivity contribution in [2.24, 2.45) is 16.8 Å². The quantitative estimate of drug-likeness (QED) is 0.266. The third kappa shape index (κ3) is 6.97. The number of hydrogen-bond donors (Lipinski definition) is 0. The number of thiocarbonyl (C=S) groups is 1. The Hall–Kier alpha value is -0.980. The van der Waals surface area contributed by atoms with Gasteiger partial charge in [-0.05, 0) is 54.6 Å². The number of unbranched alkanes of at least 4 members (excludes halogenated alkanes) is 3. The number of isothiocyanates is 1. The molecule has 0 spiro atoms. The van der Waals surface area contributed by atoms with Crippen LogP contribution in [0, 0.1) is 11.8 Å². The molecule has 1 saturated carbocycles. The van der Waals surface area contributed by atoms with Crippen molar-refractivity contribution in [2.45, 2.75) is 77.6 Å². The lowest BCUT2D eigenvalue weighted by Crippen LogP contribution is -2.15. The van der Waals surface area contributed by atoms with Crippen LogP contribution in [-0.2, 0) is 6.42 Å². The summed E-state index contributed by atoms with van der Waals surface area (Å²) < 4.78 is 0. The first-order valence-electron chi connectivity index (χ1n) is 9.48. The van der Waals surface area contributed by atoms with Crippen molar-refractivity contribution in [1.29, 1.82) is 0 Å². The molecule has 0 unspecified atom stereocenters. The Morgan fingerprint density at radius 3 is 2.22 bits per heavy atom. The highest BCUT2D eigenvalue weighted by molar-refractivity contribution is 7.78. The van der Waals surface area contributed by atoms with E-state index in [1.807, 2.05) is 12.1 Å². The Morgan fingerprint density at radius 1 is 0.957 bits per heavy atom. The Balaban J connectivity index is 1.63. The second-order valence-corrected chi connectivity index (χ2v) is 7.33. The van der Waals surface area contributed by atoms with Crippen molar-refractivity contribution in [3.63, 3.8) is 0 Å². The molecule has 0 aromatic heterocycles. The molecule has 1 fully saturated rings. The van der Waals surface area contributed by atoms with Crippen molar-refractivity contribution in [2.75, 3.05) is 0 Å². The molecule has 1 nitrogen and oxygen atoms in total. The second kappa shape index (κ2) is 10.7. The maximum atomic E-state index is 4.64. The molecule has 1 aliphatic rings. The number of aliphatic imine (C=N–C) groups is 1. The van der Waals surface area contributed by atoms with E-state index in [4.69, 9.17) is 0 Å². The summed E-state index contributed by atoms with van der Waals surface area (Å²) in [5.41, 5.74) is 2.34. The highest BCUT2D eigenvalue weighted by Crippen LogP contribution is 2.34. The molecule has 0 aliphatic heterocycles. The first kappa shape index (κ1) is 18.4. The molecular formula is C21H31NS. The molecular weight excluding hydrogens is 298 g/mol. The van der Waals surface area contributed by atoms with Gasteiger partial charge in [-0.3, -0.25) is 0 Å². The summed E-state index contributed by atoms with van der Waals surface area (Å²) in [7, 11) is 0. The number of aryl methyl sites for hydroxylation is 1. The maximum Gasteiger partial charge on any atom is 0.0739 e. The molecule has 2 rings (SSSR count). The zero-order valence-corrected chi connectivity index (χ0v) is 15.4. The van der Waals surface area contributed by atoms with Crippen LogP contribution in [-0.4, -0.2) is 5.16 Å². The Kier molecular flexibility index (Phi) is 8.57. The zero-order valence-electron chi connectivity index (χ0n) is 14.6. The van der Waals surface area contributed by atoms with E-state index in [0.717, 1.165) is 17.5 Å². The summed E-state index contributed by atoms with van der Waals surface area (Å²) in [5, 5.41) is 2.42. The molecule has 0 saturated heterocycles. The monoisotopic (exact) mass is 329 g/mol. The molecule has 1 aliphatic carbocycles. The molecule has 0 atom stereocenters. The third-order valence-corrected chi connectivity index (χ3v) is 5.48. The minimum atomic E-state index is 0.910. The Morgan fingerprint density at radius 2 is 1.61 bits per heavy atom. The van der Waals surface area contributed by atoms with Crippen LogP contribution >= 0.6 is 12.2 Å². The number of hydrogen-bond acceptors (Lipinski definition) is 2. The normalized spacial score (nSPS) is 20.9. The average molecular weight is 330 g/mol. The fourth-order valence-corrected chi connectivity index (χ4v) is 3.93.